The fraction of sp³-hybridized carbons (Fsp3) is 0.538. The average Bonchev–Trinajstić information content (AvgIpc) is 2.38. The van der Waals surface area contributed by atoms with Gasteiger partial charge in [0.2, 0.25) is 5.91 Å². The number of carbonyl (C=O) groups excluding carboxylic acids is 1. The Morgan fingerprint density at radius 2 is 1.95 bits per heavy atom. The molecule has 1 aromatic rings. The van der Waals surface area contributed by atoms with E-state index in [1.807, 2.05) is 0 Å². The number of pyridine rings is 1. The molecule has 20 heavy (non-hydrogen) atoms. The standard InChI is InChI=1S/C13H16F3N3O/c14-13(15,16)9-5-6-18-11(7-9)19-10-3-1-8(2-4-10)12(17)20/h5-8,10H,1-4H2,(H2,17,20)(H,18,19). The summed E-state index contributed by atoms with van der Waals surface area (Å²) in [5.74, 6) is -0.217. The van der Waals surface area contributed by atoms with Crippen LogP contribution in [0.15, 0.2) is 18.3 Å². The topological polar surface area (TPSA) is 68.0 Å². The number of aromatic nitrogens is 1. The highest BCUT2D eigenvalue weighted by Crippen LogP contribution is 2.31. The van der Waals surface area contributed by atoms with Crippen molar-refractivity contribution in [1.29, 1.82) is 0 Å². The molecule has 2 rings (SSSR count). The summed E-state index contributed by atoms with van der Waals surface area (Å²) >= 11 is 0. The molecule has 7 heteroatoms. The maximum atomic E-state index is 12.6. The van der Waals surface area contributed by atoms with Crippen LogP contribution in [-0.4, -0.2) is 16.9 Å². The Morgan fingerprint density at radius 3 is 2.50 bits per heavy atom. The number of nitrogens with zero attached hydrogens (tertiary/aromatic N) is 1. The van der Waals surface area contributed by atoms with Gasteiger partial charge in [0, 0.05) is 18.2 Å². The molecule has 1 aliphatic rings. The average molecular weight is 287 g/mol. The maximum absolute atomic E-state index is 12.6. The predicted molar refractivity (Wildman–Crippen MR) is 67.8 cm³/mol. The molecule has 110 valence electrons. The van der Waals surface area contributed by atoms with Gasteiger partial charge in [-0.05, 0) is 37.8 Å². The first kappa shape index (κ1) is 14.6. The monoisotopic (exact) mass is 287 g/mol. The number of nitrogens with two attached hydrogens (primary N) is 1. The molecule has 0 bridgehead atoms. The summed E-state index contributed by atoms with van der Waals surface area (Å²) < 4.78 is 37.7. The summed E-state index contributed by atoms with van der Waals surface area (Å²) in [6.45, 7) is 0. The highest BCUT2D eigenvalue weighted by Gasteiger charge is 2.31. The van der Waals surface area contributed by atoms with Crippen LogP contribution in [0.2, 0.25) is 0 Å². The molecule has 0 atom stereocenters. The van der Waals surface area contributed by atoms with E-state index in [1.54, 1.807) is 0 Å². The van der Waals surface area contributed by atoms with Crippen LogP contribution < -0.4 is 11.1 Å². The molecule has 1 fully saturated rings. The van der Waals surface area contributed by atoms with Crippen LogP contribution in [0.4, 0.5) is 19.0 Å². The Balaban J connectivity index is 1.96. The molecule has 1 heterocycles. The lowest BCUT2D eigenvalue weighted by molar-refractivity contribution is -0.137. The smallest absolute Gasteiger partial charge is 0.369 e. The highest BCUT2D eigenvalue weighted by molar-refractivity contribution is 5.76. The second-order valence-corrected chi connectivity index (χ2v) is 5.02. The molecule has 1 amide bonds. The number of halogens is 3. The minimum Gasteiger partial charge on any atom is -0.369 e. The predicted octanol–water partition coefficient (Wildman–Crippen LogP) is 2.56. The van der Waals surface area contributed by atoms with Crippen molar-refractivity contribution in [2.75, 3.05) is 5.32 Å². The third-order valence-corrected chi connectivity index (χ3v) is 3.57. The van der Waals surface area contributed by atoms with E-state index in [2.05, 4.69) is 10.3 Å². The van der Waals surface area contributed by atoms with E-state index in [0.29, 0.717) is 25.7 Å². The molecule has 0 saturated heterocycles. The van der Waals surface area contributed by atoms with E-state index in [-0.39, 0.29) is 23.7 Å². The van der Waals surface area contributed by atoms with Gasteiger partial charge in [-0.15, -0.1) is 0 Å². The third kappa shape index (κ3) is 3.61. The maximum Gasteiger partial charge on any atom is 0.416 e. The van der Waals surface area contributed by atoms with Crippen LogP contribution in [-0.2, 0) is 11.0 Å². The highest BCUT2D eigenvalue weighted by atomic mass is 19.4. The molecular formula is C13H16F3N3O. The lowest BCUT2D eigenvalue weighted by atomic mass is 9.85. The Kier molecular flexibility index (Phi) is 4.15. The van der Waals surface area contributed by atoms with Crippen molar-refractivity contribution in [2.45, 2.75) is 37.9 Å². The molecule has 0 unspecified atom stereocenters. The van der Waals surface area contributed by atoms with Gasteiger partial charge in [-0.3, -0.25) is 4.79 Å². The number of primary amides is 1. The number of carbonyl (C=O) groups is 1. The SMILES string of the molecule is NC(=O)C1CCC(Nc2cc(C(F)(F)F)ccn2)CC1. The van der Waals surface area contributed by atoms with Gasteiger partial charge in [0.1, 0.15) is 5.82 Å². The van der Waals surface area contributed by atoms with Crippen LogP contribution in [0.25, 0.3) is 0 Å². The van der Waals surface area contributed by atoms with Gasteiger partial charge in [-0.25, -0.2) is 4.98 Å². The summed E-state index contributed by atoms with van der Waals surface area (Å²) in [5.41, 5.74) is 4.51. The second-order valence-electron chi connectivity index (χ2n) is 5.02. The van der Waals surface area contributed by atoms with Gasteiger partial charge in [0.05, 0.1) is 5.56 Å². The number of hydrogen-bond acceptors (Lipinski definition) is 3. The summed E-state index contributed by atoms with van der Waals surface area (Å²) in [6.07, 6.45) is -0.516. The molecule has 0 aromatic carbocycles. The molecular weight excluding hydrogens is 271 g/mol. The van der Waals surface area contributed by atoms with Crippen molar-refractivity contribution in [3.63, 3.8) is 0 Å². The third-order valence-electron chi connectivity index (χ3n) is 3.57. The second kappa shape index (κ2) is 5.68. The Bertz CT molecular complexity index is 482. The Hall–Kier alpha value is -1.79. The van der Waals surface area contributed by atoms with Gasteiger partial charge in [0.15, 0.2) is 0 Å². The Labute approximate surface area is 114 Å². The molecule has 0 spiro atoms. The van der Waals surface area contributed by atoms with Crippen LogP contribution in [0.5, 0.6) is 0 Å². The zero-order valence-corrected chi connectivity index (χ0v) is 10.8. The number of nitrogens with one attached hydrogen (secondary N) is 1. The van der Waals surface area contributed by atoms with E-state index in [0.717, 1.165) is 18.3 Å². The van der Waals surface area contributed by atoms with Gasteiger partial charge >= 0.3 is 6.18 Å². The fourth-order valence-corrected chi connectivity index (χ4v) is 2.42. The number of rotatable bonds is 3. The van der Waals surface area contributed by atoms with Crippen molar-refractivity contribution >= 4 is 11.7 Å². The molecule has 0 aliphatic heterocycles. The molecule has 0 radical (unpaired) electrons. The minimum atomic E-state index is -4.37. The molecule has 4 nitrogen and oxygen atoms in total. The number of anilines is 1. The van der Waals surface area contributed by atoms with Gasteiger partial charge in [-0.1, -0.05) is 0 Å². The van der Waals surface area contributed by atoms with E-state index in [9.17, 15) is 18.0 Å². The van der Waals surface area contributed by atoms with Gasteiger partial charge < -0.3 is 11.1 Å². The van der Waals surface area contributed by atoms with E-state index in [1.165, 1.54) is 0 Å². The first-order valence-corrected chi connectivity index (χ1v) is 6.45. The van der Waals surface area contributed by atoms with Crippen molar-refractivity contribution in [3.05, 3.63) is 23.9 Å². The summed E-state index contributed by atoms with van der Waals surface area (Å²) in [4.78, 5) is 14.9. The summed E-state index contributed by atoms with van der Waals surface area (Å²) in [6, 6.07) is 1.97. The first-order valence-electron chi connectivity index (χ1n) is 6.45. The van der Waals surface area contributed by atoms with Gasteiger partial charge in [0.25, 0.3) is 0 Å². The van der Waals surface area contributed by atoms with Crippen LogP contribution in [0.3, 0.4) is 0 Å². The lowest BCUT2D eigenvalue weighted by Crippen LogP contribution is -2.32. The molecule has 3 N–H and O–H groups in total. The van der Waals surface area contributed by atoms with E-state index >= 15 is 0 Å². The largest absolute Gasteiger partial charge is 0.416 e. The van der Waals surface area contributed by atoms with Crippen molar-refractivity contribution in [3.8, 4) is 0 Å². The summed E-state index contributed by atoms with van der Waals surface area (Å²) in [5, 5.41) is 2.99. The lowest BCUT2D eigenvalue weighted by Gasteiger charge is -2.27. The first-order chi connectivity index (χ1) is 9.36. The summed E-state index contributed by atoms with van der Waals surface area (Å²) in [7, 11) is 0. The zero-order chi connectivity index (χ0) is 14.8. The number of hydrogen-bond donors (Lipinski definition) is 2. The molecule has 1 saturated carbocycles. The minimum absolute atomic E-state index is 0.0292. The van der Waals surface area contributed by atoms with Crippen LogP contribution >= 0.6 is 0 Å². The molecule has 1 aliphatic carbocycles. The Morgan fingerprint density at radius 1 is 1.30 bits per heavy atom. The number of alkyl halides is 3. The van der Waals surface area contributed by atoms with Crippen LogP contribution in [0, 0.1) is 5.92 Å². The van der Waals surface area contributed by atoms with E-state index < -0.39 is 11.7 Å². The van der Waals surface area contributed by atoms with Crippen molar-refractivity contribution in [1.82, 2.24) is 4.98 Å². The van der Waals surface area contributed by atoms with Gasteiger partial charge in [-0.2, -0.15) is 13.2 Å². The molecule has 1 aromatic heterocycles. The quantitative estimate of drug-likeness (QED) is 0.897. The number of amides is 1. The van der Waals surface area contributed by atoms with Crippen LogP contribution in [0.1, 0.15) is 31.2 Å². The van der Waals surface area contributed by atoms with Crippen molar-refractivity contribution in [2.24, 2.45) is 11.7 Å². The fourth-order valence-electron chi connectivity index (χ4n) is 2.42. The zero-order valence-electron chi connectivity index (χ0n) is 10.8. The van der Waals surface area contributed by atoms with E-state index in [4.69, 9.17) is 5.73 Å². The normalized spacial score (nSPS) is 23.4. The van der Waals surface area contributed by atoms with Crippen molar-refractivity contribution < 1.29 is 18.0 Å².